The van der Waals surface area contributed by atoms with Gasteiger partial charge in [-0.15, -0.1) is 0 Å². The molecule has 1 saturated carbocycles. The van der Waals surface area contributed by atoms with Crippen molar-refractivity contribution in [1.29, 1.82) is 0 Å². The zero-order chi connectivity index (χ0) is 12.2. The van der Waals surface area contributed by atoms with Gasteiger partial charge in [0.25, 0.3) is 0 Å². The van der Waals surface area contributed by atoms with Crippen LogP contribution in [0.5, 0.6) is 0 Å². The molecule has 94 valence electrons. The summed E-state index contributed by atoms with van der Waals surface area (Å²) in [5.74, 6) is 0.241. The first-order valence-electron chi connectivity index (χ1n) is 6.41. The SMILES string of the molecule is CCN(CCCC(C)(C)C(=O)O)CC1CC1. The van der Waals surface area contributed by atoms with Crippen molar-refractivity contribution in [3.05, 3.63) is 0 Å². The van der Waals surface area contributed by atoms with Gasteiger partial charge in [-0.05, 0) is 58.5 Å². The second-order valence-corrected chi connectivity index (χ2v) is 5.63. The van der Waals surface area contributed by atoms with Crippen LogP contribution in [-0.2, 0) is 4.79 Å². The molecule has 1 aliphatic carbocycles. The molecule has 0 spiro atoms. The summed E-state index contributed by atoms with van der Waals surface area (Å²) in [6.07, 6.45) is 4.53. The number of carbonyl (C=O) groups is 1. The van der Waals surface area contributed by atoms with Crippen molar-refractivity contribution in [2.24, 2.45) is 11.3 Å². The van der Waals surface area contributed by atoms with E-state index in [2.05, 4.69) is 11.8 Å². The van der Waals surface area contributed by atoms with E-state index >= 15 is 0 Å². The lowest BCUT2D eigenvalue weighted by molar-refractivity contribution is -0.147. The summed E-state index contributed by atoms with van der Waals surface area (Å²) in [5.41, 5.74) is -0.570. The highest BCUT2D eigenvalue weighted by Crippen LogP contribution is 2.30. The molecular formula is C13H25NO2. The molecule has 1 rings (SSSR count). The average molecular weight is 227 g/mol. The molecule has 0 radical (unpaired) electrons. The van der Waals surface area contributed by atoms with Crippen molar-refractivity contribution >= 4 is 5.97 Å². The molecule has 1 aliphatic rings. The molecule has 0 unspecified atom stereocenters. The maximum absolute atomic E-state index is 10.9. The van der Waals surface area contributed by atoms with Crippen LogP contribution in [0.1, 0.15) is 46.5 Å². The zero-order valence-electron chi connectivity index (χ0n) is 10.8. The number of hydrogen-bond acceptors (Lipinski definition) is 2. The predicted molar refractivity (Wildman–Crippen MR) is 65.5 cm³/mol. The van der Waals surface area contributed by atoms with Gasteiger partial charge in [0.2, 0.25) is 0 Å². The Balaban J connectivity index is 2.19. The van der Waals surface area contributed by atoms with Crippen molar-refractivity contribution in [2.75, 3.05) is 19.6 Å². The molecule has 3 nitrogen and oxygen atoms in total. The number of carboxylic acid groups (broad SMARTS) is 1. The molecule has 0 aromatic heterocycles. The molecule has 0 bridgehead atoms. The maximum atomic E-state index is 10.9. The summed E-state index contributed by atoms with van der Waals surface area (Å²) in [6.45, 7) is 9.15. The lowest BCUT2D eigenvalue weighted by atomic mass is 9.88. The number of rotatable bonds is 8. The fourth-order valence-electron chi connectivity index (χ4n) is 1.90. The van der Waals surface area contributed by atoms with E-state index in [9.17, 15) is 4.79 Å². The third-order valence-corrected chi connectivity index (χ3v) is 3.52. The Morgan fingerprint density at radius 1 is 1.44 bits per heavy atom. The standard InChI is InChI=1S/C13H25NO2/c1-4-14(10-11-6-7-11)9-5-8-13(2,3)12(15)16/h11H,4-10H2,1-3H3,(H,15,16). The lowest BCUT2D eigenvalue weighted by Crippen LogP contribution is -2.29. The van der Waals surface area contributed by atoms with Gasteiger partial charge in [-0.25, -0.2) is 0 Å². The molecule has 0 aromatic carbocycles. The molecule has 16 heavy (non-hydrogen) atoms. The quantitative estimate of drug-likeness (QED) is 0.693. The largest absolute Gasteiger partial charge is 0.481 e. The number of carboxylic acids is 1. The summed E-state index contributed by atoms with van der Waals surface area (Å²) in [6, 6.07) is 0. The first kappa shape index (κ1) is 13.5. The van der Waals surface area contributed by atoms with Gasteiger partial charge >= 0.3 is 5.97 Å². The van der Waals surface area contributed by atoms with Crippen LogP contribution in [0.4, 0.5) is 0 Å². The number of hydrogen-bond donors (Lipinski definition) is 1. The van der Waals surface area contributed by atoms with E-state index in [0.29, 0.717) is 0 Å². The molecule has 0 aliphatic heterocycles. The first-order chi connectivity index (χ1) is 7.45. The Labute approximate surface area is 98.8 Å². The molecular weight excluding hydrogens is 202 g/mol. The Bertz CT molecular complexity index is 234. The summed E-state index contributed by atoms with van der Waals surface area (Å²) < 4.78 is 0. The van der Waals surface area contributed by atoms with Gasteiger partial charge in [0.15, 0.2) is 0 Å². The smallest absolute Gasteiger partial charge is 0.309 e. The highest BCUT2D eigenvalue weighted by molar-refractivity contribution is 5.73. The molecule has 1 N–H and O–H groups in total. The maximum Gasteiger partial charge on any atom is 0.309 e. The van der Waals surface area contributed by atoms with Crippen LogP contribution in [0, 0.1) is 11.3 Å². The molecule has 0 heterocycles. The van der Waals surface area contributed by atoms with E-state index < -0.39 is 11.4 Å². The Morgan fingerprint density at radius 2 is 2.06 bits per heavy atom. The molecule has 0 amide bonds. The number of aliphatic carboxylic acids is 1. The van der Waals surface area contributed by atoms with Crippen molar-refractivity contribution < 1.29 is 9.90 Å². The van der Waals surface area contributed by atoms with E-state index in [0.717, 1.165) is 31.8 Å². The van der Waals surface area contributed by atoms with Crippen molar-refractivity contribution in [1.82, 2.24) is 4.90 Å². The van der Waals surface area contributed by atoms with E-state index in [1.165, 1.54) is 19.4 Å². The van der Waals surface area contributed by atoms with E-state index in [-0.39, 0.29) is 0 Å². The summed E-state index contributed by atoms with van der Waals surface area (Å²) in [4.78, 5) is 13.4. The van der Waals surface area contributed by atoms with Gasteiger partial charge in [0.1, 0.15) is 0 Å². The summed E-state index contributed by atoms with van der Waals surface area (Å²) in [5, 5.41) is 9.01. The first-order valence-corrected chi connectivity index (χ1v) is 6.41. The summed E-state index contributed by atoms with van der Waals surface area (Å²) >= 11 is 0. The molecule has 3 heteroatoms. The van der Waals surface area contributed by atoms with Crippen LogP contribution in [-0.4, -0.2) is 35.6 Å². The minimum Gasteiger partial charge on any atom is -0.481 e. The van der Waals surface area contributed by atoms with Crippen LogP contribution in [0.25, 0.3) is 0 Å². The van der Waals surface area contributed by atoms with Crippen LogP contribution >= 0.6 is 0 Å². The van der Waals surface area contributed by atoms with Crippen molar-refractivity contribution in [2.45, 2.75) is 46.5 Å². The monoisotopic (exact) mass is 227 g/mol. The van der Waals surface area contributed by atoms with Crippen LogP contribution < -0.4 is 0 Å². The van der Waals surface area contributed by atoms with Gasteiger partial charge in [0, 0.05) is 6.54 Å². The third kappa shape index (κ3) is 4.52. The third-order valence-electron chi connectivity index (χ3n) is 3.52. The normalized spacial score (nSPS) is 16.8. The fourth-order valence-corrected chi connectivity index (χ4v) is 1.90. The second kappa shape index (κ2) is 5.67. The minimum atomic E-state index is -0.683. The molecule has 0 saturated heterocycles. The number of nitrogens with zero attached hydrogens (tertiary/aromatic N) is 1. The Hall–Kier alpha value is -0.570. The average Bonchev–Trinajstić information content (AvgIpc) is 2.99. The molecule has 0 atom stereocenters. The van der Waals surface area contributed by atoms with Gasteiger partial charge in [0.05, 0.1) is 5.41 Å². The lowest BCUT2D eigenvalue weighted by Gasteiger charge is -2.23. The summed E-state index contributed by atoms with van der Waals surface area (Å²) in [7, 11) is 0. The van der Waals surface area contributed by atoms with E-state index in [4.69, 9.17) is 5.11 Å². The zero-order valence-corrected chi connectivity index (χ0v) is 10.8. The fraction of sp³-hybridized carbons (Fsp3) is 0.923. The van der Waals surface area contributed by atoms with Gasteiger partial charge < -0.3 is 10.0 Å². The molecule has 0 aromatic rings. The van der Waals surface area contributed by atoms with Gasteiger partial charge in [-0.1, -0.05) is 6.92 Å². The van der Waals surface area contributed by atoms with Crippen molar-refractivity contribution in [3.63, 3.8) is 0 Å². The highest BCUT2D eigenvalue weighted by atomic mass is 16.4. The highest BCUT2D eigenvalue weighted by Gasteiger charge is 2.27. The van der Waals surface area contributed by atoms with Crippen LogP contribution in [0.15, 0.2) is 0 Å². The van der Waals surface area contributed by atoms with Gasteiger partial charge in [-0.2, -0.15) is 0 Å². The van der Waals surface area contributed by atoms with Gasteiger partial charge in [-0.3, -0.25) is 4.79 Å². The van der Waals surface area contributed by atoms with Crippen molar-refractivity contribution in [3.8, 4) is 0 Å². The predicted octanol–water partition coefficient (Wildman–Crippen LogP) is 2.61. The Kier molecular flexibility index (Phi) is 4.78. The second-order valence-electron chi connectivity index (χ2n) is 5.63. The Morgan fingerprint density at radius 3 is 2.50 bits per heavy atom. The van der Waals surface area contributed by atoms with Crippen LogP contribution in [0.2, 0.25) is 0 Å². The van der Waals surface area contributed by atoms with Crippen LogP contribution in [0.3, 0.4) is 0 Å². The van der Waals surface area contributed by atoms with E-state index in [1.807, 2.05) is 13.8 Å². The minimum absolute atomic E-state index is 0.570. The molecule has 1 fully saturated rings. The topological polar surface area (TPSA) is 40.5 Å². The van der Waals surface area contributed by atoms with E-state index in [1.54, 1.807) is 0 Å².